The Morgan fingerprint density at radius 2 is 2.13 bits per heavy atom. The molecule has 4 heteroatoms. The lowest BCUT2D eigenvalue weighted by Gasteiger charge is -1.90. The van der Waals surface area contributed by atoms with Crippen LogP contribution in [0.5, 0.6) is 0 Å². The minimum Gasteiger partial charge on any atom is -0.267 e. The number of para-hydroxylation sites is 1. The fourth-order valence-electron chi connectivity index (χ4n) is 1.71. The minimum absolute atomic E-state index is 0.975. The molecule has 3 rings (SSSR count). The lowest BCUT2D eigenvalue weighted by atomic mass is 10.2. The zero-order chi connectivity index (χ0) is 10.3. The van der Waals surface area contributed by atoms with E-state index >= 15 is 0 Å². The summed E-state index contributed by atoms with van der Waals surface area (Å²) >= 11 is 1.62. The van der Waals surface area contributed by atoms with Crippen LogP contribution < -0.4 is 0 Å². The molecule has 0 aliphatic heterocycles. The quantitative estimate of drug-likeness (QED) is 0.625. The highest BCUT2D eigenvalue weighted by Crippen LogP contribution is 2.28. The highest BCUT2D eigenvalue weighted by Gasteiger charge is 2.11. The van der Waals surface area contributed by atoms with Gasteiger partial charge in [-0.2, -0.15) is 5.10 Å². The molecule has 0 N–H and O–H groups in total. The summed E-state index contributed by atoms with van der Waals surface area (Å²) in [5, 5.41) is 8.61. The van der Waals surface area contributed by atoms with Crippen LogP contribution in [-0.2, 0) is 7.05 Å². The number of nitrogens with zero attached hydrogens (tertiary/aromatic N) is 3. The first-order valence-electron chi connectivity index (χ1n) is 4.68. The number of rotatable bonds is 1. The van der Waals surface area contributed by atoms with Crippen LogP contribution in [0.4, 0.5) is 0 Å². The molecule has 0 atom stereocenters. The molecule has 0 fully saturated rings. The summed E-state index contributed by atoms with van der Waals surface area (Å²) in [7, 11) is 1.96. The van der Waals surface area contributed by atoms with Gasteiger partial charge in [0.2, 0.25) is 0 Å². The van der Waals surface area contributed by atoms with Crippen LogP contribution in [0.3, 0.4) is 0 Å². The van der Waals surface area contributed by atoms with E-state index in [1.807, 2.05) is 35.4 Å². The van der Waals surface area contributed by atoms with Crippen molar-refractivity contribution < 1.29 is 0 Å². The van der Waals surface area contributed by atoms with Gasteiger partial charge in [-0.15, -0.1) is 11.3 Å². The zero-order valence-corrected chi connectivity index (χ0v) is 9.03. The Kier molecular flexibility index (Phi) is 1.82. The molecule has 3 nitrogen and oxygen atoms in total. The average molecular weight is 215 g/mol. The Morgan fingerprint density at radius 3 is 2.93 bits per heavy atom. The molecule has 0 radical (unpaired) electrons. The predicted octanol–water partition coefficient (Wildman–Crippen LogP) is 2.70. The van der Waals surface area contributed by atoms with Gasteiger partial charge in [0.1, 0.15) is 10.7 Å². The Hall–Kier alpha value is -1.68. The summed E-state index contributed by atoms with van der Waals surface area (Å²) in [6.07, 6.45) is 1.81. The van der Waals surface area contributed by atoms with Crippen LogP contribution in [0.1, 0.15) is 0 Å². The van der Waals surface area contributed by atoms with Gasteiger partial charge in [0, 0.05) is 24.0 Å². The molecule has 2 aromatic heterocycles. The molecule has 0 saturated heterocycles. The summed E-state index contributed by atoms with van der Waals surface area (Å²) in [5.74, 6) is 0. The smallest absolute Gasteiger partial charge is 0.144 e. The van der Waals surface area contributed by atoms with Crippen molar-refractivity contribution in [3.05, 3.63) is 35.8 Å². The summed E-state index contributed by atoms with van der Waals surface area (Å²) in [5.41, 5.74) is 2.12. The first kappa shape index (κ1) is 8.61. The van der Waals surface area contributed by atoms with Crippen LogP contribution in [0.15, 0.2) is 35.8 Å². The Balaban J connectivity index is 2.37. The van der Waals surface area contributed by atoms with Crippen molar-refractivity contribution in [2.24, 2.45) is 7.05 Å². The molecule has 1 aromatic carbocycles. The molecule has 0 spiro atoms. The van der Waals surface area contributed by atoms with Crippen molar-refractivity contribution in [2.45, 2.75) is 0 Å². The number of benzene rings is 1. The summed E-state index contributed by atoms with van der Waals surface area (Å²) in [6.45, 7) is 0. The lowest BCUT2D eigenvalue weighted by molar-refractivity contribution is 0.800. The van der Waals surface area contributed by atoms with Gasteiger partial charge < -0.3 is 0 Å². The monoisotopic (exact) mass is 215 g/mol. The zero-order valence-electron chi connectivity index (χ0n) is 8.21. The largest absolute Gasteiger partial charge is 0.267 e. The van der Waals surface area contributed by atoms with Crippen molar-refractivity contribution in [1.82, 2.24) is 14.8 Å². The van der Waals surface area contributed by atoms with Gasteiger partial charge in [-0.05, 0) is 6.07 Å². The van der Waals surface area contributed by atoms with E-state index in [1.165, 1.54) is 0 Å². The molecule has 0 amide bonds. The highest BCUT2D eigenvalue weighted by molar-refractivity contribution is 7.13. The van der Waals surface area contributed by atoms with Gasteiger partial charge in [-0.25, -0.2) is 4.98 Å². The third-order valence-corrected chi connectivity index (χ3v) is 3.17. The van der Waals surface area contributed by atoms with E-state index in [-0.39, 0.29) is 0 Å². The van der Waals surface area contributed by atoms with Crippen LogP contribution in [0.2, 0.25) is 0 Å². The first-order valence-corrected chi connectivity index (χ1v) is 5.56. The fourth-order valence-corrected chi connectivity index (χ4v) is 2.35. The molecule has 2 heterocycles. The maximum atomic E-state index is 4.50. The predicted molar refractivity (Wildman–Crippen MR) is 61.8 cm³/mol. The maximum Gasteiger partial charge on any atom is 0.144 e. The van der Waals surface area contributed by atoms with E-state index in [4.69, 9.17) is 0 Å². The van der Waals surface area contributed by atoms with Gasteiger partial charge in [0.05, 0.1) is 5.52 Å². The molecule has 0 unspecified atom stereocenters. The molecular weight excluding hydrogens is 206 g/mol. The maximum absolute atomic E-state index is 4.50. The Labute approximate surface area is 91.0 Å². The van der Waals surface area contributed by atoms with Crippen LogP contribution in [-0.4, -0.2) is 14.8 Å². The van der Waals surface area contributed by atoms with E-state index in [0.29, 0.717) is 0 Å². The summed E-state index contributed by atoms with van der Waals surface area (Å²) < 4.78 is 1.89. The normalized spacial score (nSPS) is 11.0. The number of hydrogen-bond acceptors (Lipinski definition) is 3. The third-order valence-electron chi connectivity index (χ3n) is 2.39. The molecule has 0 aliphatic carbocycles. The van der Waals surface area contributed by atoms with E-state index in [2.05, 4.69) is 22.2 Å². The molecule has 0 saturated carbocycles. The minimum atomic E-state index is 0.975. The summed E-state index contributed by atoms with van der Waals surface area (Å²) in [4.78, 5) is 4.29. The molecule has 15 heavy (non-hydrogen) atoms. The highest BCUT2D eigenvalue weighted by atomic mass is 32.1. The second-order valence-electron chi connectivity index (χ2n) is 3.33. The van der Waals surface area contributed by atoms with Gasteiger partial charge in [0.25, 0.3) is 0 Å². The van der Waals surface area contributed by atoms with E-state index in [0.717, 1.165) is 21.6 Å². The van der Waals surface area contributed by atoms with Gasteiger partial charge in [-0.1, -0.05) is 18.2 Å². The van der Waals surface area contributed by atoms with Crippen molar-refractivity contribution in [2.75, 3.05) is 0 Å². The number of fused-ring (bicyclic) bond motifs is 1. The number of aryl methyl sites for hydroxylation is 1. The van der Waals surface area contributed by atoms with Gasteiger partial charge in [-0.3, -0.25) is 4.68 Å². The number of aromatic nitrogens is 3. The molecule has 74 valence electrons. The van der Waals surface area contributed by atoms with Crippen molar-refractivity contribution in [3.8, 4) is 10.7 Å². The fraction of sp³-hybridized carbons (Fsp3) is 0.0909. The molecule has 0 aliphatic rings. The average Bonchev–Trinajstić information content (AvgIpc) is 2.87. The SMILES string of the molecule is Cn1nc(-c2nccs2)c2ccccc21. The molecule has 0 bridgehead atoms. The van der Waals surface area contributed by atoms with Crippen molar-refractivity contribution in [1.29, 1.82) is 0 Å². The molecular formula is C11H9N3S. The Bertz CT molecular complexity index is 595. The van der Waals surface area contributed by atoms with Gasteiger partial charge in [0.15, 0.2) is 0 Å². The first-order chi connectivity index (χ1) is 7.36. The lowest BCUT2D eigenvalue weighted by Crippen LogP contribution is -1.89. The van der Waals surface area contributed by atoms with E-state index in [1.54, 1.807) is 11.3 Å². The second-order valence-corrected chi connectivity index (χ2v) is 4.22. The van der Waals surface area contributed by atoms with Crippen LogP contribution in [0.25, 0.3) is 21.6 Å². The number of thiazole rings is 1. The van der Waals surface area contributed by atoms with E-state index < -0.39 is 0 Å². The topological polar surface area (TPSA) is 30.7 Å². The molecule has 3 aromatic rings. The third kappa shape index (κ3) is 1.26. The van der Waals surface area contributed by atoms with Crippen molar-refractivity contribution >= 4 is 22.2 Å². The summed E-state index contributed by atoms with van der Waals surface area (Å²) in [6, 6.07) is 8.20. The van der Waals surface area contributed by atoms with E-state index in [9.17, 15) is 0 Å². The standard InChI is InChI=1S/C11H9N3S/c1-14-9-5-3-2-4-8(9)10(13-14)11-12-6-7-15-11/h2-7H,1H3. The van der Waals surface area contributed by atoms with Crippen molar-refractivity contribution in [3.63, 3.8) is 0 Å². The van der Waals surface area contributed by atoms with Crippen LogP contribution >= 0.6 is 11.3 Å². The van der Waals surface area contributed by atoms with Crippen LogP contribution in [0, 0.1) is 0 Å². The van der Waals surface area contributed by atoms with Gasteiger partial charge >= 0.3 is 0 Å². The Morgan fingerprint density at radius 1 is 1.27 bits per heavy atom. The second kappa shape index (κ2) is 3.17. The number of hydrogen-bond donors (Lipinski definition) is 0.